The summed E-state index contributed by atoms with van der Waals surface area (Å²) in [5.41, 5.74) is 2.28. The summed E-state index contributed by atoms with van der Waals surface area (Å²) in [4.78, 5) is 23.9. The van der Waals surface area contributed by atoms with E-state index < -0.39 is 11.9 Å². The molecule has 0 fully saturated rings. The molecule has 18 heavy (non-hydrogen) atoms. The molecule has 1 rings (SSSR count). The molecular weight excluding hydrogens is 230 g/mol. The number of rotatable bonds is 4. The highest BCUT2D eigenvalue weighted by molar-refractivity contribution is 6.32. The van der Waals surface area contributed by atoms with E-state index in [1.165, 1.54) is 17.6 Å². The number of carbonyl (C=O) groups excluding carboxylic acids is 2. The van der Waals surface area contributed by atoms with Crippen molar-refractivity contribution in [1.29, 1.82) is 0 Å². The lowest BCUT2D eigenvalue weighted by Crippen LogP contribution is -2.33. The zero-order chi connectivity index (χ0) is 13.5. The Morgan fingerprint density at radius 2 is 1.72 bits per heavy atom. The van der Waals surface area contributed by atoms with Gasteiger partial charge in [-0.05, 0) is 17.5 Å². The quantitative estimate of drug-likeness (QED) is 0.603. The molecule has 0 unspecified atom stereocenters. The molecule has 0 bridgehead atoms. The number of esters is 1. The van der Waals surface area contributed by atoms with Gasteiger partial charge >= 0.3 is 11.9 Å². The molecule has 1 aromatic rings. The van der Waals surface area contributed by atoms with Crippen molar-refractivity contribution < 1.29 is 14.3 Å². The lowest BCUT2D eigenvalue weighted by molar-refractivity contribution is -0.157. The summed E-state index contributed by atoms with van der Waals surface area (Å²) in [6.45, 7) is 2.54. The van der Waals surface area contributed by atoms with Gasteiger partial charge in [-0.2, -0.15) is 0 Å². The van der Waals surface area contributed by atoms with Gasteiger partial charge < -0.3 is 9.64 Å². The Morgan fingerprint density at radius 1 is 1.17 bits per heavy atom. The Morgan fingerprint density at radius 3 is 2.22 bits per heavy atom. The first-order valence-electron chi connectivity index (χ1n) is 5.99. The van der Waals surface area contributed by atoms with E-state index in [2.05, 4.69) is 23.8 Å². The van der Waals surface area contributed by atoms with Crippen LogP contribution >= 0.6 is 0 Å². The molecule has 1 amide bonds. The smallest absolute Gasteiger partial charge is 0.396 e. The minimum absolute atomic E-state index is 0.403. The van der Waals surface area contributed by atoms with Crippen molar-refractivity contribution in [1.82, 2.24) is 4.90 Å². The fourth-order valence-corrected chi connectivity index (χ4v) is 1.69. The van der Waals surface area contributed by atoms with Crippen molar-refractivity contribution in [3.05, 3.63) is 35.4 Å². The fraction of sp³-hybridized carbons (Fsp3) is 0.429. The van der Waals surface area contributed by atoms with Crippen LogP contribution < -0.4 is 0 Å². The molecule has 0 aliphatic carbocycles. The van der Waals surface area contributed by atoms with Gasteiger partial charge in [-0.15, -0.1) is 0 Å². The maximum absolute atomic E-state index is 11.5. The number of benzene rings is 1. The van der Waals surface area contributed by atoms with Crippen molar-refractivity contribution in [3.8, 4) is 0 Å². The highest BCUT2D eigenvalue weighted by atomic mass is 16.5. The standard InChI is InChI=1S/C14H19NO3/c1-4-5-11-6-8-12(9-7-11)10-15(2)13(16)14(17)18-3/h6-9H,4-5,10H2,1-3H3. The Balaban J connectivity index is 2.61. The van der Waals surface area contributed by atoms with E-state index in [1.807, 2.05) is 12.1 Å². The second kappa shape index (κ2) is 6.79. The molecule has 0 aliphatic rings. The molecule has 1 aromatic carbocycles. The summed E-state index contributed by atoms with van der Waals surface area (Å²) in [6.07, 6.45) is 2.16. The molecular formula is C14H19NO3. The largest absolute Gasteiger partial charge is 0.462 e. The third kappa shape index (κ3) is 3.87. The van der Waals surface area contributed by atoms with E-state index in [9.17, 15) is 9.59 Å². The molecule has 98 valence electrons. The van der Waals surface area contributed by atoms with Crippen LogP contribution in [0.2, 0.25) is 0 Å². The predicted octanol–water partition coefficient (Wildman–Crippen LogP) is 1.77. The van der Waals surface area contributed by atoms with Crippen LogP contribution in [0.3, 0.4) is 0 Å². The third-order valence-electron chi connectivity index (χ3n) is 2.69. The molecule has 4 heteroatoms. The zero-order valence-corrected chi connectivity index (χ0v) is 11.1. The predicted molar refractivity (Wildman–Crippen MR) is 68.9 cm³/mol. The van der Waals surface area contributed by atoms with Crippen LogP contribution in [-0.2, 0) is 27.3 Å². The summed E-state index contributed by atoms with van der Waals surface area (Å²) in [5.74, 6) is -1.46. The van der Waals surface area contributed by atoms with Crippen LogP contribution in [-0.4, -0.2) is 30.9 Å². The minimum Gasteiger partial charge on any atom is -0.462 e. The third-order valence-corrected chi connectivity index (χ3v) is 2.69. The highest BCUT2D eigenvalue weighted by Gasteiger charge is 2.18. The van der Waals surface area contributed by atoms with Gasteiger partial charge in [0.05, 0.1) is 7.11 Å². The number of ether oxygens (including phenoxy) is 1. The van der Waals surface area contributed by atoms with Gasteiger partial charge in [0.15, 0.2) is 0 Å². The molecule has 0 spiro atoms. The normalized spacial score (nSPS) is 9.94. The van der Waals surface area contributed by atoms with E-state index in [0.717, 1.165) is 18.4 Å². The Labute approximate surface area is 108 Å². The van der Waals surface area contributed by atoms with Crippen molar-refractivity contribution >= 4 is 11.9 Å². The zero-order valence-electron chi connectivity index (χ0n) is 11.1. The fourth-order valence-electron chi connectivity index (χ4n) is 1.69. The van der Waals surface area contributed by atoms with Gasteiger partial charge in [-0.25, -0.2) is 4.79 Å². The number of methoxy groups -OCH3 is 1. The minimum atomic E-state index is -0.833. The van der Waals surface area contributed by atoms with Gasteiger partial charge in [0, 0.05) is 13.6 Å². The average Bonchev–Trinajstić information content (AvgIpc) is 2.39. The molecule has 4 nitrogen and oxygen atoms in total. The van der Waals surface area contributed by atoms with Gasteiger partial charge in [-0.3, -0.25) is 4.79 Å². The molecule has 0 aliphatic heterocycles. The van der Waals surface area contributed by atoms with Crippen LogP contribution in [0.25, 0.3) is 0 Å². The lowest BCUT2D eigenvalue weighted by Gasteiger charge is -2.15. The number of amides is 1. The number of aryl methyl sites for hydroxylation is 1. The van der Waals surface area contributed by atoms with E-state index in [0.29, 0.717) is 6.54 Å². The Kier molecular flexibility index (Phi) is 5.36. The molecule has 0 aromatic heterocycles. The summed E-state index contributed by atoms with van der Waals surface area (Å²) >= 11 is 0. The van der Waals surface area contributed by atoms with Gasteiger partial charge in [0.25, 0.3) is 0 Å². The highest BCUT2D eigenvalue weighted by Crippen LogP contribution is 2.08. The SMILES string of the molecule is CCCc1ccc(CN(C)C(=O)C(=O)OC)cc1. The van der Waals surface area contributed by atoms with Crippen LogP contribution in [0, 0.1) is 0 Å². The van der Waals surface area contributed by atoms with E-state index in [4.69, 9.17) is 0 Å². The topological polar surface area (TPSA) is 46.6 Å². The Hall–Kier alpha value is -1.84. The van der Waals surface area contributed by atoms with E-state index in [-0.39, 0.29) is 0 Å². The van der Waals surface area contributed by atoms with Crippen LogP contribution in [0.15, 0.2) is 24.3 Å². The lowest BCUT2D eigenvalue weighted by atomic mass is 10.1. The Bertz CT molecular complexity index is 412. The van der Waals surface area contributed by atoms with Gasteiger partial charge in [0.1, 0.15) is 0 Å². The van der Waals surface area contributed by atoms with Crippen LogP contribution in [0.5, 0.6) is 0 Å². The van der Waals surface area contributed by atoms with E-state index >= 15 is 0 Å². The number of likely N-dealkylation sites (N-methyl/N-ethyl adjacent to an activating group) is 1. The van der Waals surface area contributed by atoms with Gasteiger partial charge in [-0.1, -0.05) is 37.6 Å². The van der Waals surface area contributed by atoms with E-state index in [1.54, 1.807) is 7.05 Å². The maximum atomic E-state index is 11.5. The first kappa shape index (κ1) is 14.2. The second-order valence-corrected chi connectivity index (χ2v) is 4.22. The monoisotopic (exact) mass is 249 g/mol. The van der Waals surface area contributed by atoms with Crippen LogP contribution in [0.4, 0.5) is 0 Å². The van der Waals surface area contributed by atoms with Crippen LogP contribution in [0.1, 0.15) is 24.5 Å². The number of hydrogen-bond donors (Lipinski definition) is 0. The first-order valence-corrected chi connectivity index (χ1v) is 5.99. The van der Waals surface area contributed by atoms with Crippen molar-refractivity contribution in [2.75, 3.05) is 14.2 Å². The molecule has 0 atom stereocenters. The van der Waals surface area contributed by atoms with Gasteiger partial charge in [0.2, 0.25) is 0 Å². The number of nitrogens with zero attached hydrogens (tertiary/aromatic N) is 1. The maximum Gasteiger partial charge on any atom is 0.396 e. The van der Waals surface area contributed by atoms with Crippen molar-refractivity contribution in [2.45, 2.75) is 26.3 Å². The molecule has 0 heterocycles. The molecule has 0 radical (unpaired) electrons. The number of carbonyl (C=O) groups is 2. The summed E-state index contributed by atoms with van der Waals surface area (Å²) in [7, 11) is 2.78. The van der Waals surface area contributed by atoms with Crippen molar-refractivity contribution in [3.63, 3.8) is 0 Å². The average molecular weight is 249 g/mol. The number of hydrogen-bond acceptors (Lipinski definition) is 3. The summed E-state index contributed by atoms with van der Waals surface area (Å²) in [5, 5.41) is 0. The molecule has 0 N–H and O–H groups in total. The summed E-state index contributed by atoms with van der Waals surface area (Å²) < 4.78 is 4.39. The van der Waals surface area contributed by atoms with Crippen molar-refractivity contribution in [2.24, 2.45) is 0 Å². The second-order valence-electron chi connectivity index (χ2n) is 4.22. The molecule has 0 saturated carbocycles. The summed E-state index contributed by atoms with van der Waals surface area (Å²) in [6, 6.07) is 8.06. The first-order chi connectivity index (χ1) is 8.58. The molecule has 0 saturated heterocycles.